The smallest absolute Gasteiger partial charge is 0.314 e. The van der Waals surface area contributed by atoms with Crippen LogP contribution in [-0.2, 0) is 28.7 Å². The molecule has 0 aromatic heterocycles. The molecule has 428 valence electrons. The maximum Gasteiger partial charge on any atom is 0.314 e. The molecule has 10 nitrogen and oxygen atoms in total. The van der Waals surface area contributed by atoms with Gasteiger partial charge in [0.05, 0.1) is 0 Å². The van der Waals surface area contributed by atoms with Crippen LogP contribution in [0.4, 0.5) is 0 Å². The molecule has 2 aromatic carbocycles. The minimum atomic E-state index is -0.977. The molecule has 0 radical (unpaired) electrons. The van der Waals surface area contributed by atoms with Crippen molar-refractivity contribution in [1.29, 1.82) is 0 Å². The molecule has 4 saturated heterocycles. The molecule has 4 heterocycles. The number of hydrogen-bond acceptors (Lipinski definition) is 8. The fourth-order valence-corrected chi connectivity index (χ4v) is 11.2. The first kappa shape index (κ1) is 66.0. The van der Waals surface area contributed by atoms with Gasteiger partial charge in [0.25, 0.3) is 0 Å². The van der Waals surface area contributed by atoms with Gasteiger partial charge in [-0.3, -0.25) is 19.2 Å². The van der Waals surface area contributed by atoms with Crippen molar-refractivity contribution in [2.24, 2.45) is 0 Å². The third-order valence-corrected chi connectivity index (χ3v) is 16.2. The minimum absolute atomic E-state index is 0.108. The molecule has 6 atom stereocenters. The fraction of sp³-hybridized carbons (Fsp3) is 0.697. The second-order valence-corrected chi connectivity index (χ2v) is 22.2. The number of esters is 2. The number of carbonyl (C=O) groups is 4. The van der Waals surface area contributed by atoms with Gasteiger partial charge in [-0.25, -0.2) is 0 Å². The number of aliphatic carboxylic acids is 2. The number of hydrogen-bond donors (Lipinski definition) is 2. The monoisotopic (exact) mass is 1050 g/mol. The number of rotatable bonds is 34. The number of carboxylic acids is 2. The van der Waals surface area contributed by atoms with Crippen molar-refractivity contribution in [3.8, 4) is 0 Å². The lowest BCUT2D eigenvalue weighted by Crippen LogP contribution is -2.35. The van der Waals surface area contributed by atoms with E-state index in [1.165, 1.54) is 154 Å². The van der Waals surface area contributed by atoms with E-state index in [4.69, 9.17) is 9.47 Å². The maximum atomic E-state index is 11.9. The first-order valence-electron chi connectivity index (χ1n) is 30.7. The van der Waals surface area contributed by atoms with E-state index in [9.17, 15) is 29.4 Å². The quantitative estimate of drug-likeness (QED) is 0.0396. The van der Waals surface area contributed by atoms with E-state index in [1.807, 2.05) is 12.1 Å². The van der Waals surface area contributed by atoms with Crippen molar-refractivity contribution in [2.45, 2.75) is 268 Å². The Hall–Kier alpha value is -4.28. The van der Waals surface area contributed by atoms with Gasteiger partial charge in [0.2, 0.25) is 0 Å². The third kappa shape index (κ3) is 29.5. The summed E-state index contributed by atoms with van der Waals surface area (Å²) in [5, 5.41) is 18.7. The molecule has 6 rings (SSSR count). The second kappa shape index (κ2) is 42.7. The maximum absolute atomic E-state index is 11.9. The van der Waals surface area contributed by atoms with E-state index in [1.54, 1.807) is 48.5 Å². The van der Waals surface area contributed by atoms with E-state index in [2.05, 4.69) is 62.0 Å². The van der Waals surface area contributed by atoms with Gasteiger partial charge in [-0.1, -0.05) is 189 Å². The standard InChI is InChI=1S/2C25H38O4.2C8H15N/c2*1-2-3-4-5-6-7-8-9-10-11-12-13-17-20-24(26)29-21-23(25(27)28)22-18-15-14-16-19-22;2*1-9-7-3-2-4-8(9)6-5-7/h10-11,14-16,18-19,23H,2-9,12-13,17,20-21H2,1H3,(H,27,28);7-8,14-16,18-19,23H,2-6,9-13,17,20-21H2,1H3,(H,27,28);2*7-8H,2-6H2,1H3/b11-10-;8-7-;;. The molecule has 4 fully saturated rings. The Morgan fingerprint density at radius 3 is 1.07 bits per heavy atom. The zero-order chi connectivity index (χ0) is 54.9. The predicted molar refractivity (Wildman–Crippen MR) is 313 cm³/mol. The van der Waals surface area contributed by atoms with Crippen LogP contribution in [0, 0.1) is 0 Å². The molecular formula is C66H106N2O8. The number of piperidine rings is 2. The Morgan fingerprint density at radius 1 is 0.447 bits per heavy atom. The van der Waals surface area contributed by atoms with Crippen LogP contribution in [0.2, 0.25) is 0 Å². The average molecular weight is 1060 g/mol. The lowest BCUT2D eigenvalue weighted by Gasteiger charge is -2.30. The average Bonchev–Trinajstić information content (AvgIpc) is 3.69. The van der Waals surface area contributed by atoms with Gasteiger partial charge in [0.1, 0.15) is 25.0 Å². The Morgan fingerprint density at radius 2 is 0.737 bits per heavy atom. The number of nitrogens with zero attached hydrogens (tertiary/aromatic N) is 2. The lowest BCUT2D eigenvalue weighted by atomic mass is 10.0. The van der Waals surface area contributed by atoms with Crippen molar-refractivity contribution in [1.82, 2.24) is 9.80 Å². The molecule has 4 aliphatic heterocycles. The summed E-state index contributed by atoms with van der Waals surface area (Å²) in [6, 6.07) is 21.6. The van der Waals surface area contributed by atoms with Crippen molar-refractivity contribution in [3.05, 3.63) is 96.1 Å². The summed E-state index contributed by atoms with van der Waals surface area (Å²) < 4.78 is 10.4. The van der Waals surface area contributed by atoms with Crippen LogP contribution in [0.1, 0.15) is 255 Å². The van der Waals surface area contributed by atoms with Gasteiger partial charge in [-0.15, -0.1) is 0 Å². The van der Waals surface area contributed by atoms with E-state index in [0.29, 0.717) is 24.0 Å². The number of fused-ring (bicyclic) bond motifs is 4. The van der Waals surface area contributed by atoms with Gasteiger partial charge >= 0.3 is 23.9 Å². The van der Waals surface area contributed by atoms with E-state index in [-0.39, 0.29) is 25.2 Å². The molecule has 76 heavy (non-hydrogen) atoms. The van der Waals surface area contributed by atoms with Crippen molar-refractivity contribution in [2.75, 3.05) is 27.3 Å². The van der Waals surface area contributed by atoms with Gasteiger partial charge < -0.3 is 29.5 Å². The van der Waals surface area contributed by atoms with Gasteiger partial charge in [-0.2, -0.15) is 0 Å². The van der Waals surface area contributed by atoms with Gasteiger partial charge in [-0.05, 0) is 141 Å². The first-order valence-corrected chi connectivity index (χ1v) is 30.7. The highest BCUT2D eigenvalue weighted by molar-refractivity contribution is 5.78. The summed E-state index contributed by atoms with van der Waals surface area (Å²) in [5.74, 6) is -4.19. The molecule has 4 bridgehead atoms. The van der Waals surface area contributed by atoms with Crippen LogP contribution < -0.4 is 0 Å². The highest BCUT2D eigenvalue weighted by atomic mass is 16.5. The highest BCUT2D eigenvalue weighted by Gasteiger charge is 2.34. The van der Waals surface area contributed by atoms with E-state index in [0.717, 1.165) is 75.5 Å². The SMILES string of the molecule is CCCCCC/C=C\CCCCCCCC(=O)OCC(C(=O)O)c1ccccc1.CCCCCCCCC/C=C\CCCCC(=O)OCC(C(=O)O)c1ccccc1.CN1C2CCCC1CC2.CN1C2CCCC1CC2. The molecule has 4 aliphatic rings. The summed E-state index contributed by atoms with van der Waals surface area (Å²) >= 11 is 0. The number of allylic oxidation sites excluding steroid dienone is 4. The predicted octanol–water partition coefficient (Wildman–Crippen LogP) is 16.6. The molecule has 0 aliphatic carbocycles. The third-order valence-electron chi connectivity index (χ3n) is 16.2. The molecule has 2 N–H and O–H groups in total. The number of carbonyl (C=O) groups excluding carboxylic acids is 2. The Kier molecular flexibility index (Phi) is 37.1. The summed E-state index contributed by atoms with van der Waals surface area (Å²) in [6.45, 7) is 4.26. The summed E-state index contributed by atoms with van der Waals surface area (Å²) in [5.41, 5.74) is 1.31. The van der Waals surface area contributed by atoms with E-state index < -0.39 is 23.8 Å². The molecule has 0 saturated carbocycles. The largest absolute Gasteiger partial charge is 0.481 e. The topological polar surface area (TPSA) is 134 Å². The second-order valence-electron chi connectivity index (χ2n) is 22.2. The van der Waals surface area contributed by atoms with Crippen molar-refractivity contribution in [3.63, 3.8) is 0 Å². The minimum Gasteiger partial charge on any atom is -0.481 e. The Labute approximate surface area is 462 Å². The number of benzene rings is 2. The Balaban J connectivity index is 0.000000299. The zero-order valence-electron chi connectivity index (χ0n) is 48.2. The molecule has 2 aromatic rings. The zero-order valence-corrected chi connectivity index (χ0v) is 48.2. The highest BCUT2D eigenvalue weighted by Crippen LogP contribution is 2.34. The van der Waals surface area contributed by atoms with Crippen LogP contribution in [0.15, 0.2) is 85.0 Å². The van der Waals surface area contributed by atoms with Crippen LogP contribution in [0.25, 0.3) is 0 Å². The fourth-order valence-electron chi connectivity index (χ4n) is 11.2. The molecule has 0 amide bonds. The first-order chi connectivity index (χ1) is 37.0. The van der Waals surface area contributed by atoms with Crippen molar-refractivity contribution < 1.29 is 38.9 Å². The van der Waals surface area contributed by atoms with Crippen molar-refractivity contribution >= 4 is 23.9 Å². The van der Waals surface area contributed by atoms with Crippen LogP contribution in [0.3, 0.4) is 0 Å². The molecule has 10 heteroatoms. The van der Waals surface area contributed by atoms with Crippen LogP contribution >= 0.6 is 0 Å². The number of carboxylic acid groups (broad SMARTS) is 2. The Bertz CT molecular complexity index is 1790. The van der Waals surface area contributed by atoms with Crippen LogP contribution in [0.5, 0.6) is 0 Å². The van der Waals surface area contributed by atoms with Gasteiger partial charge in [0.15, 0.2) is 0 Å². The number of ether oxygens (including phenoxy) is 2. The van der Waals surface area contributed by atoms with Crippen LogP contribution in [-0.4, -0.2) is 95.4 Å². The summed E-state index contributed by atoms with van der Waals surface area (Å²) in [7, 11) is 4.59. The lowest BCUT2D eigenvalue weighted by molar-refractivity contribution is -0.150. The number of unbranched alkanes of at least 4 members (excludes halogenated alkanes) is 18. The normalized spacial score (nSPS) is 19.6. The summed E-state index contributed by atoms with van der Waals surface area (Å²) in [4.78, 5) is 51.7. The summed E-state index contributed by atoms with van der Waals surface area (Å²) in [6.07, 6.45) is 50.6. The van der Waals surface area contributed by atoms with E-state index >= 15 is 0 Å². The molecular weight excluding hydrogens is 949 g/mol. The molecule has 6 unspecified atom stereocenters. The van der Waals surface area contributed by atoms with Gasteiger partial charge in [0, 0.05) is 37.0 Å². The molecule has 0 spiro atoms.